The van der Waals surface area contributed by atoms with E-state index in [0.717, 1.165) is 6.42 Å². The molecule has 1 saturated carbocycles. The second-order valence-electron chi connectivity index (χ2n) is 6.42. The lowest BCUT2D eigenvalue weighted by Gasteiger charge is -2.44. The largest absolute Gasteiger partial charge is 0.340 e. The van der Waals surface area contributed by atoms with Crippen LogP contribution >= 0.6 is 0 Å². The van der Waals surface area contributed by atoms with Crippen molar-refractivity contribution in [1.82, 2.24) is 19.9 Å². The number of aryl methyl sites for hydroxylation is 1. The average molecular weight is 342 g/mol. The first-order valence-corrected chi connectivity index (χ1v) is 9.71. The summed E-state index contributed by atoms with van der Waals surface area (Å²) in [4.78, 5) is 20.7. The van der Waals surface area contributed by atoms with E-state index in [0.29, 0.717) is 57.3 Å². The monoisotopic (exact) mass is 342 g/mol. The van der Waals surface area contributed by atoms with E-state index in [1.807, 2.05) is 0 Å². The van der Waals surface area contributed by atoms with E-state index in [-0.39, 0.29) is 5.91 Å². The number of aromatic nitrogens is 2. The minimum atomic E-state index is -3.37. The van der Waals surface area contributed by atoms with Crippen LogP contribution in [0.15, 0.2) is 4.52 Å². The van der Waals surface area contributed by atoms with Crippen molar-refractivity contribution >= 4 is 15.7 Å². The smallest absolute Gasteiger partial charge is 0.244 e. The van der Waals surface area contributed by atoms with Crippen molar-refractivity contribution in [3.05, 3.63) is 11.7 Å². The summed E-state index contributed by atoms with van der Waals surface area (Å²) in [5.41, 5.74) is 0. The van der Waals surface area contributed by atoms with Crippen LogP contribution < -0.4 is 0 Å². The van der Waals surface area contributed by atoms with Crippen molar-refractivity contribution < 1.29 is 17.7 Å². The third kappa shape index (κ3) is 2.99. The number of piperazine rings is 1. The Bertz CT molecular complexity index is 687. The summed E-state index contributed by atoms with van der Waals surface area (Å²) in [5, 5.41) is 3.87. The summed E-state index contributed by atoms with van der Waals surface area (Å²) in [7, 11) is -3.37. The Morgan fingerprint density at radius 3 is 2.35 bits per heavy atom. The van der Waals surface area contributed by atoms with E-state index in [1.54, 1.807) is 11.8 Å². The lowest BCUT2D eigenvalue weighted by atomic mass is 9.83. The van der Waals surface area contributed by atoms with Crippen LogP contribution in [0.5, 0.6) is 0 Å². The molecule has 0 bridgehead atoms. The van der Waals surface area contributed by atoms with Crippen molar-refractivity contribution in [2.45, 2.75) is 37.5 Å². The Hall–Kier alpha value is -1.48. The lowest BCUT2D eigenvalue weighted by molar-refractivity contribution is -0.138. The average Bonchev–Trinajstić information content (AvgIpc) is 2.82. The van der Waals surface area contributed by atoms with Crippen LogP contribution in [0, 0.1) is 6.92 Å². The summed E-state index contributed by atoms with van der Waals surface area (Å²) in [6, 6.07) is 0. The Balaban J connectivity index is 1.59. The zero-order valence-electron chi connectivity index (χ0n) is 13.5. The first-order chi connectivity index (χ1) is 10.8. The molecule has 1 aliphatic carbocycles. The van der Waals surface area contributed by atoms with E-state index in [9.17, 15) is 13.2 Å². The van der Waals surface area contributed by atoms with Gasteiger partial charge in [-0.15, -0.1) is 0 Å². The van der Waals surface area contributed by atoms with E-state index in [4.69, 9.17) is 4.52 Å². The molecule has 2 heterocycles. The molecule has 0 radical (unpaired) electrons. The maximum absolute atomic E-state index is 12.7. The Morgan fingerprint density at radius 1 is 1.26 bits per heavy atom. The van der Waals surface area contributed by atoms with Gasteiger partial charge in [0.15, 0.2) is 20.4 Å². The van der Waals surface area contributed by atoms with Gasteiger partial charge in [0.2, 0.25) is 11.8 Å². The molecular formula is C14H22N4O4S. The fraction of sp³-hybridized carbons (Fsp3) is 0.786. The molecular weight excluding hydrogens is 320 g/mol. The number of carbonyl (C=O) groups is 1. The van der Waals surface area contributed by atoms with Gasteiger partial charge in [0.25, 0.3) is 0 Å². The number of hydrogen-bond donors (Lipinski definition) is 0. The third-order valence-electron chi connectivity index (χ3n) is 4.85. The summed E-state index contributed by atoms with van der Waals surface area (Å²) < 4.78 is 27.9. The summed E-state index contributed by atoms with van der Waals surface area (Å²) >= 11 is 0. The number of sulfone groups is 1. The Morgan fingerprint density at radius 2 is 1.91 bits per heavy atom. The molecule has 0 N–H and O–H groups in total. The molecule has 2 aliphatic rings. The quantitative estimate of drug-likeness (QED) is 0.759. The van der Waals surface area contributed by atoms with Crippen molar-refractivity contribution in [3.8, 4) is 0 Å². The van der Waals surface area contributed by atoms with Gasteiger partial charge < -0.3 is 9.42 Å². The standard InChI is InChI=1S/C14H22N4O4S/c1-11-15-12(16-22-11)10-17-6-8-18(9-7-17)13(19)14(4-3-5-14)23(2,20)21/h3-10H2,1-2H3. The zero-order valence-corrected chi connectivity index (χ0v) is 14.3. The molecule has 0 aromatic carbocycles. The molecule has 1 aromatic heterocycles. The second kappa shape index (κ2) is 5.86. The predicted molar refractivity (Wildman–Crippen MR) is 82.3 cm³/mol. The number of amides is 1. The van der Waals surface area contributed by atoms with E-state index >= 15 is 0 Å². The van der Waals surface area contributed by atoms with Gasteiger partial charge in [-0.1, -0.05) is 5.16 Å². The van der Waals surface area contributed by atoms with Crippen molar-refractivity contribution in [1.29, 1.82) is 0 Å². The van der Waals surface area contributed by atoms with E-state index < -0.39 is 14.6 Å². The number of nitrogens with zero attached hydrogens (tertiary/aromatic N) is 4. The number of hydrogen-bond acceptors (Lipinski definition) is 7. The molecule has 3 rings (SSSR count). The normalized spacial score (nSPS) is 21.9. The highest BCUT2D eigenvalue weighted by Crippen LogP contribution is 2.40. The van der Waals surface area contributed by atoms with Gasteiger partial charge in [-0.2, -0.15) is 4.98 Å². The van der Waals surface area contributed by atoms with Crippen molar-refractivity contribution in [2.75, 3.05) is 32.4 Å². The van der Waals surface area contributed by atoms with Gasteiger partial charge in [0.1, 0.15) is 0 Å². The molecule has 0 unspecified atom stereocenters. The molecule has 2 fully saturated rings. The van der Waals surface area contributed by atoms with Crippen LogP contribution in [0.4, 0.5) is 0 Å². The fourth-order valence-electron chi connectivity index (χ4n) is 3.24. The molecule has 1 aromatic rings. The maximum atomic E-state index is 12.7. The molecule has 0 spiro atoms. The highest BCUT2D eigenvalue weighted by molar-refractivity contribution is 7.93. The Kier molecular flexibility index (Phi) is 4.18. The van der Waals surface area contributed by atoms with Gasteiger partial charge in [-0.25, -0.2) is 8.42 Å². The van der Waals surface area contributed by atoms with Gasteiger partial charge in [-0.05, 0) is 19.3 Å². The molecule has 1 aliphatic heterocycles. The van der Waals surface area contributed by atoms with Crippen LogP contribution in [-0.2, 0) is 21.2 Å². The molecule has 23 heavy (non-hydrogen) atoms. The van der Waals surface area contributed by atoms with E-state index in [1.165, 1.54) is 6.26 Å². The highest BCUT2D eigenvalue weighted by atomic mass is 32.2. The van der Waals surface area contributed by atoms with Gasteiger partial charge in [0.05, 0.1) is 6.54 Å². The number of carbonyl (C=O) groups excluding carboxylic acids is 1. The summed E-state index contributed by atoms with van der Waals surface area (Å²) in [6.45, 7) is 4.76. The first kappa shape index (κ1) is 16.4. The van der Waals surface area contributed by atoms with Crippen LogP contribution in [0.25, 0.3) is 0 Å². The molecule has 1 amide bonds. The minimum absolute atomic E-state index is 0.221. The molecule has 1 saturated heterocycles. The highest BCUT2D eigenvalue weighted by Gasteiger charge is 2.54. The number of rotatable bonds is 4. The topological polar surface area (TPSA) is 96.6 Å². The van der Waals surface area contributed by atoms with Crippen molar-refractivity contribution in [2.24, 2.45) is 0 Å². The maximum Gasteiger partial charge on any atom is 0.244 e. The van der Waals surface area contributed by atoms with Crippen molar-refractivity contribution in [3.63, 3.8) is 0 Å². The Labute approximate surface area is 135 Å². The summed E-state index contributed by atoms with van der Waals surface area (Å²) in [6.07, 6.45) is 2.88. The van der Waals surface area contributed by atoms with E-state index in [2.05, 4.69) is 15.0 Å². The SMILES string of the molecule is Cc1nc(CN2CCN(C(=O)C3(S(C)(=O)=O)CCC3)CC2)no1. The lowest BCUT2D eigenvalue weighted by Crippen LogP contribution is -2.61. The molecule has 8 nitrogen and oxygen atoms in total. The summed E-state index contributed by atoms with van der Waals surface area (Å²) in [5.74, 6) is 0.948. The zero-order chi connectivity index (χ0) is 16.7. The molecule has 0 atom stereocenters. The fourth-order valence-corrected chi connectivity index (χ4v) is 4.72. The van der Waals surface area contributed by atoms with Crippen LogP contribution in [0.3, 0.4) is 0 Å². The van der Waals surface area contributed by atoms with Gasteiger partial charge >= 0.3 is 0 Å². The second-order valence-corrected chi connectivity index (χ2v) is 8.74. The third-order valence-corrected chi connectivity index (χ3v) is 6.86. The molecule has 9 heteroatoms. The van der Waals surface area contributed by atoms with Gasteiger partial charge in [0, 0.05) is 39.4 Å². The molecule has 128 valence electrons. The predicted octanol–water partition coefficient (Wildman–Crippen LogP) is -0.0105. The van der Waals surface area contributed by atoms with Crippen LogP contribution in [-0.4, -0.2) is 71.4 Å². The first-order valence-electron chi connectivity index (χ1n) is 7.82. The minimum Gasteiger partial charge on any atom is -0.340 e. The van der Waals surface area contributed by atoms with Crippen LogP contribution in [0.2, 0.25) is 0 Å². The van der Waals surface area contributed by atoms with Gasteiger partial charge in [-0.3, -0.25) is 9.69 Å². The van der Waals surface area contributed by atoms with Crippen LogP contribution in [0.1, 0.15) is 31.0 Å².